The second-order valence-electron chi connectivity index (χ2n) is 18.6. The van der Waals surface area contributed by atoms with Gasteiger partial charge in [-0.05, 0) is 81.7 Å². The second kappa shape index (κ2) is 38.7. The average Bonchev–Trinajstić information content (AvgIpc) is 3.36. The molecule has 0 aromatic rings. The van der Waals surface area contributed by atoms with Crippen LogP contribution in [0.25, 0.3) is 10.4 Å². The second-order valence-corrected chi connectivity index (χ2v) is 18.6. The summed E-state index contributed by atoms with van der Waals surface area (Å²) in [6.07, 6.45) is 6.56. The Morgan fingerprint density at radius 2 is 1.14 bits per heavy atom. The van der Waals surface area contributed by atoms with Crippen molar-refractivity contribution in [2.24, 2.45) is 50.6 Å². The molecule has 20 N–H and O–H groups in total. The van der Waals surface area contributed by atoms with Crippen LogP contribution in [-0.2, 0) is 52.7 Å². The first-order valence-electron chi connectivity index (χ1n) is 25.4. The number of guanidine groups is 1. The van der Waals surface area contributed by atoms with Crippen molar-refractivity contribution in [1.29, 1.82) is 0 Å². The van der Waals surface area contributed by atoms with Gasteiger partial charge in [-0.15, -0.1) is 12.3 Å². The van der Waals surface area contributed by atoms with E-state index in [-0.39, 0.29) is 76.3 Å². The molecule has 0 aromatic heterocycles. The summed E-state index contributed by atoms with van der Waals surface area (Å²) in [6, 6.07) is -11.1. The van der Waals surface area contributed by atoms with Gasteiger partial charge in [0.05, 0.1) is 13.2 Å². The molecule has 30 heteroatoms. The zero-order valence-electron chi connectivity index (χ0n) is 44.7. The molecule has 0 bridgehead atoms. The number of hydrogen-bond acceptors (Lipinski definition) is 15. The van der Waals surface area contributed by atoms with Crippen molar-refractivity contribution < 1.29 is 57.8 Å². The molecule has 0 aromatic carbocycles. The molecule has 77 heavy (non-hydrogen) atoms. The number of aliphatic hydroxyl groups is 1. The molecule has 0 unspecified atom stereocenters. The van der Waals surface area contributed by atoms with E-state index >= 15 is 0 Å². The van der Waals surface area contributed by atoms with Gasteiger partial charge in [-0.2, -0.15) is 0 Å². The normalized spacial score (nSPS) is 14.2. The fourth-order valence-corrected chi connectivity index (χ4v) is 7.26. The van der Waals surface area contributed by atoms with E-state index in [1.165, 1.54) is 6.92 Å². The first kappa shape index (κ1) is 69.2. The summed E-state index contributed by atoms with van der Waals surface area (Å²) in [5, 5.41) is 35.9. The number of aliphatic imine (C=N–C) groups is 1. The number of terminal acetylenes is 1. The van der Waals surface area contributed by atoms with Gasteiger partial charge in [-0.1, -0.05) is 45.7 Å². The van der Waals surface area contributed by atoms with Crippen LogP contribution in [0.2, 0.25) is 0 Å². The smallest absolute Gasteiger partial charge is 0.245 e. The van der Waals surface area contributed by atoms with E-state index in [0.29, 0.717) is 19.4 Å². The highest BCUT2D eigenvalue weighted by Crippen LogP contribution is 2.13. The summed E-state index contributed by atoms with van der Waals surface area (Å²) in [6.45, 7) is 6.91. The van der Waals surface area contributed by atoms with Gasteiger partial charge in [0.2, 0.25) is 65.0 Å². The molecule has 0 aliphatic rings. The Hall–Kier alpha value is -7.77. The molecule has 0 spiro atoms. The molecule has 0 rings (SSSR count). The Kier molecular flexibility index (Phi) is 34.8. The number of carbonyl (C=O) groups excluding carboxylic acids is 11. The Bertz CT molecular complexity index is 2110. The molecule has 9 atom stereocenters. The summed E-state index contributed by atoms with van der Waals surface area (Å²) in [4.78, 5) is 151. The molecule has 0 heterocycles. The predicted molar refractivity (Wildman–Crippen MR) is 282 cm³/mol. The largest absolute Gasteiger partial charge is 0.394 e. The van der Waals surface area contributed by atoms with E-state index < -0.39 is 152 Å². The lowest BCUT2D eigenvalue weighted by Gasteiger charge is -2.29. The minimum Gasteiger partial charge on any atom is -0.394 e. The van der Waals surface area contributed by atoms with Crippen molar-refractivity contribution in [3.05, 3.63) is 10.4 Å². The molecule has 0 fully saturated rings. The van der Waals surface area contributed by atoms with Gasteiger partial charge < -0.3 is 81.6 Å². The lowest BCUT2D eigenvalue weighted by molar-refractivity contribution is -0.137. The van der Waals surface area contributed by atoms with Gasteiger partial charge in [-0.3, -0.25) is 57.7 Å². The highest BCUT2D eigenvalue weighted by molar-refractivity contribution is 5.98. The van der Waals surface area contributed by atoms with Gasteiger partial charge in [0.15, 0.2) is 5.96 Å². The van der Waals surface area contributed by atoms with E-state index in [9.17, 15) is 57.8 Å². The molecule has 0 aliphatic carbocycles. The number of unbranched alkanes of at least 4 members (excludes halogenated alkanes) is 2. The highest BCUT2D eigenvalue weighted by Gasteiger charge is 2.36. The van der Waals surface area contributed by atoms with Gasteiger partial charge in [0.1, 0.15) is 48.3 Å². The number of hydrogen-bond donors (Lipinski definition) is 15. The molecule has 0 radical (unpaired) electrons. The first-order chi connectivity index (χ1) is 36.3. The van der Waals surface area contributed by atoms with E-state index in [4.69, 9.17) is 40.6 Å². The van der Waals surface area contributed by atoms with Crippen LogP contribution in [0.5, 0.6) is 0 Å². The molecule has 30 nitrogen and oxygen atoms in total. The van der Waals surface area contributed by atoms with Crippen molar-refractivity contribution in [3.63, 3.8) is 0 Å². The third-order valence-corrected chi connectivity index (χ3v) is 11.6. The minimum atomic E-state index is -1.74. The van der Waals surface area contributed by atoms with Crippen LogP contribution in [0.15, 0.2) is 10.1 Å². The molecular formula is C47H82N18O12. The van der Waals surface area contributed by atoms with E-state index in [1.54, 1.807) is 27.7 Å². The average molecular weight is 1090 g/mol. The number of nitrogens with zero attached hydrogens (tertiary/aromatic N) is 4. The minimum absolute atomic E-state index is 0.0404. The summed E-state index contributed by atoms with van der Waals surface area (Å²) < 4.78 is 0. The molecule has 0 saturated carbocycles. The third-order valence-electron chi connectivity index (χ3n) is 11.6. The van der Waals surface area contributed by atoms with E-state index in [0.717, 1.165) is 0 Å². The van der Waals surface area contributed by atoms with Crippen LogP contribution in [0.1, 0.15) is 118 Å². The quantitative estimate of drug-likeness (QED) is 0.00523. The summed E-state index contributed by atoms with van der Waals surface area (Å²) in [5.41, 5.74) is 36.0. The van der Waals surface area contributed by atoms with Crippen LogP contribution in [-0.4, -0.2) is 157 Å². The number of primary amides is 2. The number of rotatable bonds is 40. The Balaban J connectivity index is 6.52. The molecule has 0 aliphatic heterocycles. The van der Waals surface area contributed by atoms with Crippen molar-refractivity contribution in [1.82, 2.24) is 47.9 Å². The standard InChI is InChI=1S/C47H82N18O12/c1-7-14-30(58-37(69)24-55-40(71)31(57-28(6)67)15-9-11-20-48)41(72)63-35(25-66)45(76)64-38(27(5)8-2)46(77)61-33(18-19-36(49)68)43(74)60-32(16-10-12-22-56-65-53)42(73)62-34(23-26(3)4)44(75)59-29(39(50)70)17-13-21-54-47(51)52/h1,26-27,29-35,38,66H,8-25,48H2,2-6H3,(H2,49,68)(H2,50,70)(H,55,71)(H,57,67)(H,58,69)(H,59,75)(H,60,74)(H,61,77)(H,62,73)(H,63,72)(H,64,76)(H4,51,52,54)/t27-,29-,30-,31-,32-,33-,34-,35-,38-/m0/s1. The fraction of sp³-hybridized carbons (Fsp3) is 0.702. The topological polar surface area (TPSA) is 507 Å². The number of amides is 11. The van der Waals surface area contributed by atoms with E-state index in [1.807, 2.05) is 0 Å². The highest BCUT2D eigenvalue weighted by atomic mass is 16.3. The fourth-order valence-electron chi connectivity index (χ4n) is 7.26. The van der Waals surface area contributed by atoms with Crippen molar-refractivity contribution in [3.8, 4) is 12.3 Å². The van der Waals surface area contributed by atoms with Crippen LogP contribution in [0, 0.1) is 24.2 Å². The zero-order valence-corrected chi connectivity index (χ0v) is 44.7. The van der Waals surface area contributed by atoms with Crippen molar-refractivity contribution in [2.45, 2.75) is 166 Å². The van der Waals surface area contributed by atoms with Gasteiger partial charge >= 0.3 is 0 Å². The summed E-state index contributed by atoms with van der Waals surface area (Å²) in [5.74, 6) is -8.25. The monoisotopic (exact) mass is 1090 g/mol. The van der Waals surface area contributed by atoms with Gasteiger partial charge in [-0.25, -0.2) is 0 Å². The Labute approximate surface area is 448 Å². The Morgan fingerprint density at radius 1 is 0.623 bits per heavy atom. The van der Waals surface area contributed by atoms with Crippen LogP contribution >= 0.6 is 0 Å². The third kappa shape index (κ3) is 29.8. The summed E-state index contributed by atoms with van der Waals surface area (Å²) >= 11 is 0. The first-order valence-corrected chi connectivity index (χ1v) is 25.4. The molecule has 432 valence electrons. The lowest BCUT2D eigenvalue weighted by Crippen LogP contribution is -2.61. The van der Waals surface area contributed by atoms with Crippen LogP contribution in [0.3, 0.4) is 0 Å². The van der Waals surface area contributed by atoms with Gasteiger partial charge in [0, 0.05) is 37.8 Å². The molecule has 0 saturated heterocycles. The summed E-state index contributed by atoms with van der Waals surface area (Å²) in [7, 11) is 0. The van der Waals surface area contributed by atoms with Crippen LogP contribution < -0.4 is 76.5 Å². The molecule has 11 amide bonds. The predicted octanol–water partition coefficient (Wildman–Crippen LogP) is -4.48. The maximum Gasteiger partial charge on any atom is 0.245 e. The van der Waals surface area contributed by atoms with Crippen molar-refractivity contribution >= 4 is 70.9 Å². The van der Waals surface area contributed by atoms with E-state index in [2.05, 4.69) is 68.8 Å². The number of nitrogens with two attached hydrogens (primary N) is 5. The van der Waals surface area contributed by atoms with Crippen molar-refractivity contribution in [2.75, 3.05) is 32.8 Å². The lowest BCUT2D eigenvalue weighted by atomic mass is 9.97. The van der Waals surface area contributed by atoms with Crippen LogP contribution in [0.4, 0.5) is 0 Å². The number of aliphatic hydroxyl groups excluding tert-OH is 1. The maximum absolute atomic E-state index is 14.1. The Morgan fingerprint density at radius 3 is 1.68 bits per heavy atom. The maximum atomic E-state index is 14.1. The van der Waals surface area contributed by atoms with Gasteiger partial charge in [0.25, 0.3) is 0 Å². The number of azide groups is 1. The number of nitrogens with one attached hydrogen (secondary N) is 9. The zero-order chi connectivity index (χ0) is 58.6. The SMILES string of the molecule is C#CC[C@H](NC(=O)CNC(=O)[C@H](CCCCN)NC(C)=O)C(=O)N[C@@H](CO)C(=O)N[C@H](C(=O)N[C@@H](CCC(N)=O)C(=O)N[C@@H](CCCCN=[N+]=[N-])C(=O)N[C@@H](CC(C)C)C(=O)N[C@@H](CCCN=C(N)N)C(N)=O)[C@@H](C)CC. The number of carbonyl (C=O) groups is 11. The molecular weight excluding hydrogens is 1010 g/mol.